The van der Waals surface area contributed by atoms with Crippen molar-refractivity contribution >= 4 is 53.2 Å². The molecule has 284 valence electrons. The molecule has 0 fully saturated rings. The van der Waals surface area contributed by atoms with E-state index in [-0.39, 0.29) is 45.1 Å². The Balaban J connectivity index is 0.000000487. The van der Waals surface area contributed by atoms with Gasteiger partial charge in [-0.2, -0.15) is 12.1 Å². The van der Waals surface area contributed by atoms with E-state index >= 15 is 0 Å². The third kappa shape index (κ3) is 11.5. The summed E-state index contributed by atoms with van der Waals surface area (Å²) in [5.41, 5.74) is 17.5. The molecule has 0 bridgehead atoms. The molecule has 0 spiro atoms. The predicted molar refractivity (Wildman–Crippen MR) is 245 cm³/mol. The molecule has 0 aliphatic heterocycles. The number of benzene rings is 5. The van der Waals surface area contributed by atoms with Crippen molar-refractivity contribution in [1.29, 1.82) is 0 Å². The normalized spacial score (nSPS) is 10.5. The second kappa shape index (κ2) is 20.8. The molecular formula is C50H58Cl2SiZr-4. The predicted octanol–water partition coefficient (Wildman–Crippen LogP) is 15.4. The number of hydrogen-bond donors (Lipinski definition) is 0. The average molecular weight is 849 g/mol. The van der Waals surface area contributed by atoms with E-state index < -0.39 is 0 Å². The van der Waals surface area contributed by atoms with Crippen LogP contribution >= 0.6 is 24.8 Å². The van der Waals surface area contributed by atoms with Gasteiger partial charge < -0.3 is 14.9 Å². The molecule has 0 nitrogen and oxygen atoms in total. The molecule has 54 heavy (non-hydrogen) atoms. The molecule has 0 saturated carbocycles. The summed E-state index contributed by atoms with van der Waals surface area (Å²) in [5.74, 6) is 0.573. The molecule has 7 aromatic carbocycles. The maximum atomic E-state index is 3.06. The summed E-state index contributed by atoms with van der Waals surface area (Å²) in [7, 11) is 0. The molecule has 7 rings (SSSR count). The van der Waals surface area contributed by atoms with E-state index in [4.69, 9.17) is 0 Å². The van der Waals surface area contributed by atoms with Crippen LogP contribution in [-0.4, -0.2) is 6.88 Å². The first-order valence-corrected chi connectivity index (χ1v) is 21.9. The van der Waals surface area contributed by atoms with Crippen molar-refractivity contribution in [1.82, 2.24) is 0 Å². The molecule has 4 heteroatoms. The molecule has 0 amide bonds. The van der Waals surface area contributed by atoms with Crippen LogP contribution in [0.15, 0.2) is 115 Å². The fourth-order valence-corrected chi connectivity index (χ4v) is 7.14. The van der Waals surface area contributed by atoms with Gasteiger partial charge in [0, 0.05) is 0 Å². The van der Waals surface area contributed by atoms with Crippen LogP contribution < -0.4 is 0 Å². The number of halogens is 2. The Morgan fingerprint density at radius 3 is 1.54 bits per heavy atom. The molecule has 0 aliphatic rings. The number of aryl methyl sites for hydroxylation is 5. The van der Waals surface area contributed by atoms with E-state index in [1.54, 1.807) is 0 Å². The van der Waals surface area contributed by atoms with Crippen molar-refractivity contribution in [3.63, 3.8) is 0 Å². The zero-order valence-corrected chi connectivity index (χ0v) is 39.5. The van der Waals surface area contributed by atoms with Crippen LogP contribution in [-0.2, 0) is 28.8 Å². The average Bonchev–Trinajstić information content (AvgIpc) is 3.67. The minimum atomic E-state index is 0. The Kier molecular flexibility index (Phi) is 18.9. The first-order chi connectivity index (χ1) is 23.7. The summed E-state index contributed by atoms with van der Waals surface area (Å²) in [6.07, 6.45) is 0. The Labute approximate surface area is 357 Å². The number of hydrogen-bond acceptors (Lipinski definition) is 0. The van der Waals surface area contributed by atoms with Crippen molar-refractivity contribution in [2.24, 2.45) is 0 Å². The summed E-state index contributed by atoms with van der Waals surface area (Å²) in [5, 5.41) is 5.39. The maximum absolute atomic E-state index is 3.06. The third-order valence-corrected chi connectivity index (χ3v) is 9.56. The first-order valence-electron chi connectivity index (χ1n) is 17.7. The first kappa shape index (κ1) is 49.0. The van der Waals surface area contributed by atoms with E-state index in [1.165, 1.54) is 117 Å². The fourth-order valence-electron chi connectivity index (χ4n) is 7.14. The van der Waals surface area contributed by atoms with Gasteiger partial charge in [0.25, 0.3) is 0 Å². The van der Waals surface area contributed by atoms with Gasteiger partial charge in [0.15, 0.2) is 0 Å². The van der Waals surface area contributed by atoms with Crippen molar-refractivity contribution < 1.29 is 23.3 Å². The van der Waals surface area contributed by atoms with Crippen molar-refractivity contribution in [3.05, 3.63) is 169 Å². The summed E-state index contributed by atoms with van der Waals surface area (Å²) < 4.78 is 0. The Morgan fingerprint density at radius 1 is 0.519 bits per heavy atom. The molecule has 0 N–H and O–H groups in total. The zero-order chi connectivity index (χ0) is 36.3. The van der Waals surface area contributed by atoms with Crippen LogP contribution in [0.25, 0.3) is 54.9 Å². The summed E-state index contributed by atoms with van der Waals surface area (Å²) in [6, 6.07) is 43.3. The van der Waals surface area contributed by atoms with Gasteiger partial charge >= 0.3 is 30.2 Å². The SMILES string of the molecule is CC(C)c1cc2c(-c3ccc(C(C)(C)C)cc3)cccc2[cH-]1.Cc1cc(C)cc(-c2cc(-c3cc(C)cc(C)c3)c3cc(C)[cH-]c3c2)c1.Cl.Cl.[CH3-].[CH3-].[Si]=[Zr]. The second-order valence-corrected chi connectivity index (χ2v) is 15.4. The quantitative estimate of drug-likeness (QED) is 0.122. The fraction of sp³-hybridized carbons (Fsp3) is 0.240. The molecule has 0 saturated heterocycles. The number of rotatable bonds is 4. The molecule has 7 aromatic rings. The molecule has 0 atom stereocenters. The van der Waals surface area contributed by atoms with E-state index in [2.05, 4.69) is 191 Å². The van der Waals surface area contributed by atoms with Gasteiger partial charge in [0.2, 0.25) is 0 Å². The monoisotopic (exact) mass is 846 g/mol. The van der Waals surface area contributed by atoms with E-state index in [0.717, 1.165) is 0 Å². The van der Waals surface area contributed by atoms with E-state index in [0.29, 0.717) is 5.92 Å². The standard InChI is InChI=1S/C26H25.C22H25.2CH3.2ClH.Si.Zr/c1-16-6-17(2)9-21(8-16)22-14-24-12-20(5)13-25(24)26(15-22)23-10-18(3)7-19(4)11-23;1-15(2)18-13-17-7-6-8-20(21(17)14-18)16-9-11-19(12-10-16)22(3,4)5;;;;;;/h6-15H,1-5H3;6-15H,1-5H3;2*1H3;2*1H;;/q4*-1;;;;. The van der Waals surface area contributed by atoms with Crippen molar-refractivity contribution in [2.75, 3.05) is 0 Å². The Morgan fingerprint density at radius 2 is 1.02 bits per heavy atom. The van der Waals surface area contributed by atoms with Gasteiger partial charge in [-0.3, -0.25) is 0 Å². The van der Waals surface area contributed by atoms with Crippen molar-refractivity contribution in [2.45, 2.75) is 80.6 Å². The third-order valence-electron chi connectivity index (χ3n) is 9.56. The second-order valence-electron chi connectivity index (χ2n) is 15.4. The molecule has 0 unspecified atom stereocenters. The van der Waals surface area contributed by atoms with Gasteiger partial charge in [0.05, 0.1) is 0 Å². The minimum absolute atomic E-state index is 0. The molecule has 0 heterocycles. The summed E-state index contributed by atoms with van der Waals surface area (Å²) >= 11 is 1.36. The Bertz CT molecular complexity index is 2220. The molecule has 0 aromatic heterocycles. The zero-order valence-electron chi connectivity index (χ0n) is 34.4. The molecular weight excluding hydrogens is 791 g/mol. The Hall–Kier alpha value is -3.00. The van der Waals surface area contributed by atoms with Gasteiger partial charge in [0.1, 0.15) is 0 Å². The van der Waals surface area contributed by atoms with E-state index in [9.17, 15) is 0 Å². The topological polar surface area (TPSA) is 0 Å². The van der Waals surface area contributed by atoms with E-state index in [1.807, 2.05) is 0 Å². The summed E-state index contributed by atoms with van der Waals surface area (Å²) in [6.45, 7) is 25.2. The van der Waals surface area contributed by atoms with Gasteiger partial charge in [-0.1, -0.05) is 153 Å². The summed E-state index contributed by atoms with van der Waals surface area (Å²) in [4.78, 5) is 0. The van der Waals surface area contributed by atoms with Crippen LogP contribution in [0.3, 0.4) is 0 Å². The van der Waals surface area contributed by atoms with Crippen LogP contribution in [0.5, 0.6) is 0 Å². The van der Waals surface area contributed by atoms with Gasteiger partial charge in [-0.25, -0.2) is 0 Å². The number of fused-ring (bicyclic) bond motifs is 2. The van der Waals surface area contributed by atoms with Crippen molar-refractivity contribution in [3.8, 4) is 33.4 Å². The molecule has 2 radical (unpaired) electrons. The van der Waals surface area contributed by atoms with Crippen LogP contribution in [0.1, 0.15) is 79.5 Å². The van der Waals surface area contributed by atoms with Crippen LogP contribution in [0, 0.1) is 49.5 Å². The van der Waals surface area contributed by atoms with Crippen LogP contribution in [0.2, 0.25) is 0 Å². The van der Waals surface area contributed by atoms with Gasteiger partial charge in [-0.15, -0.1) is 87.8 Å². The van der Waals surface area contributed by atoms with Gasteiger partial charge in [-0.05, 0) is 61.3 Å². The molecule has 0 aliphatic carbocycles. The van der Waals surface area contributed by atoms with Crippen LogP contribution in [0.4, 0.5) is 0 Å².